The van der Waals surface area contributed by atoms with Gasteiger partial charge >= 0.3 is 0 Å². The van der Waals surface area contributed by atoms with Crippen LogP contribution in [0.15, 0.2) is 70.7 Å². The molecule has 1 aliphatic heterocycles. The number of thioether (sulfide) groups is 1. The summed E-state index contributed by atoms with van der Waals surface area (Å²) in [6.07, 6.45) is 1.74. The van der Waals surface area contributed by atoms with Crippen LogP contribution in [0.1, 0.15) is 10.4 Å². The topological polar surface area (TPSA) is 85.0 Å². The number of hydrogen-bond donors (Lipinski definition) is 0. The maximum atomic E-state index is 13.2. The van der Waals surface area contributed by atoms with Crippen molar-refractivity contribution in [2.24, 2.45) is 4.99 Å². The van der Waals surface area contributed by atoms with E-state index in [0.29, 0.717) is 33.1 Å². The predicted molar refractivity (Wildman–Crippen MR) is 130 cm³/mol. The van der Waals surface area contributed by atoms with Crippen molar-refractivity contribution >= 4 is 63.2 Å². The maximum absolute atomic E-state index is 13.2. The highest BCUT2D eigenvalue weighted by Gasteiger charge is 2.32. The third-order valence-electron chi connectivity index (χ3n) is 4.53. The number of ether oxygens (including phenoxy) is 1. The minimum atomic E-state index is -0.432. The average Bonchev–Trinajstić information content (AvgIpc) is 3.40. The van der Waals surface area contributed by atoms with Gasteiger partial charge in [0, 0.05) is 22.8 Å². The number of carbonyl (C=O) groups is 1. The van der Waals surface area contributed by atoms with Crippen LogP contribution < -0.4 is 9.64 Å². The zero-order valence-corrected chi connectivity index (χ0v) is 19.1. The van der Waals surface area contributed by atoms with Crippen LogP contribution in [0.5, 0.6) is 5.75 Å². The Morgan fingerprint density at radius 3 is 2.78 bits per heavy atom. The number of aliphatic imine (C=N–C) groups is 1. The summed E-state index contributed by atoms with van der Waals surface area (Å²) in [4.78, 5) is 30.8. The van der Waals surface area contributed by atoms with E-state index in [9.17, 15) is 14.9 Å². The second-order valence-electron chi connectivity index (χ2n) is 6.61. The number of halogens is 1. The summed E-state index contributed by atoms with van der Waals surface area (Å²) in [6, 6.07) is 15.3. The first-order chi connectivity index (χ1) is 15.5. The standard InChI is InChI=1S/C22H16ClN3O4S2/c1-30-20-8-7-15(11-18(20)23)25-21(27)19(12-17-6-3-9-31-17)24-22(25)32-13-14-4-2-5-16(10-14)26(28)29/h2-12H,13H2,1H3. The molecule has 1 aliphatic rings. The number of carbonyl (C=O) groups excluding carboxylic acids is 1. The zero-order valence-electron chi connectivity index (χ0n) is 16.7. The summed E-state index contributed by atoms with van der Waals surface area (Å²) < 4.78 is 5.21. The fourth-order valence-electron chi connectivity index (χ4n) is 3.03. The molecule has 0 bridgehead atoms. The Hall–Kier alpha value is -3.14. The number of amides is 1. The lowest BCUT2D eigenvalue weighted by molar-refractivity contribution is -0.384. The molecule has 0 radical (unpaired) electrons. The Kier molecular flexibility index (Phi) is 6.59. The molecule has 1 aromatic heterocycles. The lowest BCUT2D eigenvalue weighted by Crippen LogP contribution is -2.30. The van der Waals surface area contributed by atoms with Crippen LogP contribution >= 0.6 is 34.7 Å². The van der Waals surface area contributed by atoms with Crippen molar-refractivity contribution in [3.63, 3.8) is 0 Å². The van der Waals surface area contributed by atoms with Crippen LogP contribution in [0.2, 0.25) is 5.02 Å². The van der Waals surface area contributed by atoms with Crippen LogP contribution in [0.3, 0.4) is 0 Å². The molecule has 0 atom stereocenters. The Balaban J connectivity index is 1.66. The fourth-order valence-corrected chi connectivity index (χ4v) is 4.89. The molecule has 2 aromatic carbocycles. The number of amidine groups is 1. The van der Waals surface area contributed by atoms with E-state index in [2.05, 4.69) is 4.99 Å². The molecule has 0 spiro atoms. The van der Waals surface area contributed by atoms with E-state index in [1.54, 1.807) is 36.4 Å². The Labute approximate surface area is 197 Å². The Morgan fingerprint density at radius 1 is 1.25 bits per heavy atom. The summed E-state index contributed by atoms with van der Waals surface area (Å²) in [6.45, 7) is 0. The first-order valence-corrected chi connectivity index (χ1v) is 11.6. The molecule has 162 valence electrons. The zero-order chi connectivity index (χ0) is 22.7. The number of nitrogens with zero attached hydrogens (tertiary/aromatic N) is 3. The van der Waals surface area contributed by atoms with Crippen molar-refractivity contribution in [2.45, 2.75) is 5.75 Å². The van der Waals surface area contributed by atoms with Crippen LogP contribution in [0.25, 0.3) is 6.08 Å². The van der Waals surface area contributed by atoms with Crippen LogP contribution in [0, 0.1) is 10.1 Å². The number of nitro groups is 1. The Morgan fingerprint density at radius 2 is 2.09 bits per heavy atom. The largest absolute Gasteiger partial charge is 0.495 e. The van der Waals surface area contributed by atoms with Gasteiger partial charge < -0.3 is 4.74 Å². The van der Waals surface area contributed by atoms with E-state index in [1.807, 2.05) is 17.5 Å². The summed E-state index contributed by atoms with van der Waals surface area (Å²) >= 11 is 9.11. The van der Waals surface area contributed by atoms with Crippen LogP contribution in [-0.2, 0) is 10.5 Å². The molecule has 32 heavy (non-hydrogen) atoms. The van der Waals surface area contributed by atoms with Gasteiger partial charge in [0.05, 0.1) is 22.7 Å². The molecule has 4 rings (SSSR count). The highest BCUT2D eigenvalue weighted by atomic mass is 35.5. The normalized spacial score (nSPS) is 14.7. The van der Waals surface area contributed by atoms with Gasteiger partial charge in [0.25, 0.3) is 11.6 Å². The molecule has 7 nitrogen and oxygen atoms in total. The van der Waals surface area contributed by atoms with E-state index in [1.165, 1.54) is 47.2 Å². The van der Waals surface area contributed by atoms with Gasteiger partial charge in [-0.3, -0.25) is 19.8 Å². The smallest absolute Gasteiger partial charge is 0.283 e. The monoisotopic (exact) mass is 485 g/mol. The van der Waals surface area contributed by atoms with Crippen molar-refractivity contribution < 1.29 is 14.5 Å². The number of methoxy groups -OCH3 is 1. The van der Waals surface area contributed by atoms with Crippen molar-refractivity contribution in [1.29, 1.82) is 0 Å². The lowest BCUT2D eigenvalue weighted by atomic mass is 10.2. The quantitative estimate of drug-likeness (QED) is 0.243. The fraction of sp³-hybridized carbons (Fsp3) is 0.0909. The van der Waals surface area contributed by atoms with Crippen molar-refractivity contribution in [2.75, 3.05) is 12.0 Å². The lowest BCUT2D eigenvalue weighted by Gasteiger charge is -2.18. The molecular formula is C22H16ClN3O4S2. The Bertz CT molecular complexity index is 1240. The minimum Gasteiger partial charge on any atom is -0.495 e. The van der Waals surface area contributed by atoms with E-state index in [4.69, 9.17) is 16.3 Å². The maximum Gasteiger partial charge on any atom is 0.283 e. The van der Waals surface area contributed by atoms with Crippen molar-refractivity contribution in [3.05, 3.63) is 91.3 Å². The summed E-state index contributed by atoms with van der Waals surface area (Å²) in [5.41, 5.74) is 1.63. The van der Waals surface area contributed by atoms with Gasteiger partial charge in [-0.2, -0.15) is 0 Å². The number of thiophene rings is 1. The van der Waals surface area contributed by atoms with E-state index >= 15 is 0 Å². The molecule has 3 aromatic rings. The number of benzene rings is 2. The van der Waals surface area contributed by atoms with Gasteiger partial charge in [-0.05, 0) is 41.3 Å². The van der Waals surface area contributed by atoms with Crippen molar-refractivity contribution in [1.82, 2.24) is 0 Å². The average molecular weight is 486 g/mol. The summed E-state index contributed by atoms with van der Waals surface area (Å²) in [7, 11) is 1.52. The van der Waals surface area contributed by atoms with Gasteiger partial charge in [0.1, 0.15) is 11.4 Å². The molecule has 0 aliphatic carbocycles. The molecule has 0 saturated heterocycles. The van der Waals surface area contributed by atoms with Gasteiger partial charge in [0.15, 0.2) is 5.17 Å². The highest BCUT2D eigenvalue weighted by Crippen LogP contribution is 2.35. The second kappa shape index (κ2) is 9.56. The van der Waals surface area contributed by atoms with E-state index in [-0.39, 0.29) is 11.6 Å². The molecule has 0 saturated carbocycles. The van der Waals surface area contributed by atoms with Gasteiger partial charge in [0.2, 0.25) is 0 Å². The highest BCUT2D eigenvalue weighted by molar-refractivity contribution is 8.13. The second-order valence-corrected chi connectivity index (χ2v) is 8.94. The summed E-state index contributed by atoms with van der Waals surface area (Å²) in [5.74, 6) is 0.626. The third kappa shape index (κ3) is 4.69. The molecule has 1 amide bonds. The van der Waals surface area contributed by atoms with E-state index < -0.39 is 4.92 Å². The predicted octanol–water partition coefficient (Wildman–Crippen LogP) is 6.00. The molecule has 0 fully saturated rings. The number of nitro benzene ring substituents is 1. The molecular weight excluding hydrogens is 470 g/mol. The SMILES string of the molecule is COc1ccc(N2C(=O)C(=Cc3cccs3)N=C2SCc2cccc([N+](=O)[O-])c2)cc1Cl. The molecule has 0 unspecified atom stereocenters. The number of anilines is 1. The molecule has 0 N–H and O–H groups in total. The first-order valence-electron chi connectivity index (χ1n) is 9.34. The van der Waals surface area contributed by atoms with Gasteiger partial charge in [-0.25, -0.2) is 4.99 Å². The molecule has 2 heterocycles. The van der Waals surface area contributed by atoms with Gasteiger partial charge in [-0.1, -0.05) is 41.6 Å². The van der Waals surface area contributed by atoms with Crippen molar-refractivity contribution in [3.8, 4) is 5.75 Å². The summed E-state index contributed by atoms with van der Waals surface area (Å²) in [5, 5.41) is 13.8. The van der Waals surface area contributed by atoms with Gasteiger partial charge in [-0.15, -0.1) is 11.3 Å². The number of non-ortho nitro benzene ring substituents is 1. The van der Waals surface area contributed by atoms with Crippen LogP contribution in [0.4, 0.5) is 11.4 Å². The minimum absolute atomic E-state index is 0.0182. The first kappa shape index (κ1) is 22.1. The third-order valence-corrected chi connectivity index (χ3v) is 6.66. The molecule has 10 heteroatoms. The van der Waals surface area contributed by atoms with Crippen LogP contribution in [-0.4, -0.2) is 23.1 Å². The number of rotatable bonds is 6. The number of hydrogen-bond acceptors (Lipinski definition) is 7. The van der Waals surface area contributed by atoms with E-state index in [0.717, 1.165) is 10.4 Å².